The molecule has 22 heteroatoms. The van der Waals surface area contributed by atoms with E-state index in [1.54, 1.807) is 5.32 Å². The Morgan fingerprint density at radius 2 is 0.891 bits per heavy atom. The summed E-state index contributed by atoms with van der Waals surface area (Å²) in [6.45, 7) is 3.65. The van der Waals surface area contributed by atoms with Crippen LogP contribution in [0.3, 0.4) is 0 Å². The van der Waals surface area contributed by atoms with E-state index in [-0.39, 0.29) is 11.3 Å². The molecule has 0 radical (unpaired) electrons. The molecule has 0 aliphatic carbocycles. The molecule has 3 amide bonds. The van der Waals surface area contributed by atoms with Crippen molar-refractivity contribution in [3.8, 4) is 11.5 Å². The first-order chi connectivity index (χ1) is 21.0. The van der Waals surface area contributed by atoms with Gasteiger partial charge in [-0.3, -0.25) is 28.8 Å². The van der Waals surface area contributed by atoms with Gasteiger partial charge in [0.05, 0.1) is 19.8 Å². The highest BCUT2D eigenvalue weighted by Gasteiger charge is 2.21. The van der Waals surface area contributed by atoms with Gasteiger partial charge in [0, 0.05) is 0 Å². The van der Waals surface area contributed by atoms with Gasteiger partial charge in [-0.2, -0.15) is 0 Å². The van der Waals surface area contributed by atoms with E-state index < -0.39 is 83.4 Å². The Morgan fingerprint density at radius 1 is 0.565 bits per heavy atom. The van der Waals surface area contributed by atoms with Crippen molar-refractivity contribution in [1.82, 2.24) is 16.0 Å². The maximum Gasteiger partial charge on any atom is 0.396 e. The minimum atomic E-state index is -1.70. The molecule has 46 heavy (non-hydrogen) atoms. The molecule has 0 fully saturated rings. The number of ether oxygens (including phenoxy) is 2. The zero-order chi connectivity index (χ0) is 36.9. The predicted molar refractivity (Wildman–Crippen MR) is 144 cm³/mol. The number of aromatic carboxylic acids is 1. The molecule has 0 aliphatic heterocycles. The van der Waals surface area contributed by atoms with E-state index in [0.717, 1.165) is 26.4 Å². The van der Waals surface area contributed by atoms with Crippen LogP contribution < -0.4 is 16.0 Å². The number of benzene rings is 1. The molecule has 1 aromatic rings. The second-order valence-electron chi connectivity index (χ2n) is 7.90. The third kappa shape index (κ3) is 19.6. The highest BCUT2D eigenvalue weighted by atomic mass is 16.5. The molecule has 256 valence electrons. The van der Waals surface area contributed by atoms with E-state index in [9.17, 15) is 47.9 Å². The van der Waals surface area contributed by atoms with Crippen LogP contribution in [0, 0.1) is 0 Å². The summed E-state index contributed by atoms with van der Waals surface area (Å²) in [5.41, 5.74) is -0.0553. The zero-order valence-electron chi connectivity index (χ0n) is 24.5. The number of aliphatic carboxylic acids is 4. The smallest absolute Gasteiger partial charge is 0.396 e. The molecule has 0 saturated carbocycles. The van der Waals surface area contributed by atoms with Crippen LogP contribution >= 0.6 is 0 Å². The average molecular weight is 666 g/mol. The van der Waals surface area contributed by atoms with Crippen LogP contribution in [0.2, 0.25) is 0 Å². The number of nitrogens with one attached hydrogen (secondary N) is 3. The number of carbonyl (C=O) groups is 10. The number of phenols is 2. The summed E-state index contributed by atoms with van der Waals surface area (Å²) >= 11 is 0. The van der Waals surface area contributed by atoms with Crippen LogP contribution in [0.4, 0.5) is 0 Å². The minimum Gasteiger partial charge on any atom is -0.504 e. The number of hydrogen-bond donors (Lipinski definition) is 10. The number of methoxy groups -OCH3 is 2. The van der Waals surface area contributed by atoms with E-state index in [1.807, 2.05) is 10.6 Å². The number of carboxylic acids is 5. The van der Waals surface area contributed by atoms with Gasteiger partial charge >= 0.3 is 59.5 Å². The predicted octanol–water partition coefficient (Wildman–Crippen LogP) is -3.05. The quantitative estimate of drug-likeness (QED) is 0.0785. The van der Waals surface area contributed by atoms with Crippen molar-refractivity contribution in [3.63, 3.8) is 0 Å². The highest BCUT2D eigenvalue weighted by Crippen LogP contribution is 2.24. The molecule has 3 atom stereocenters. The maximum atomic E-state index is 10.6. The van der Waals surface area contributed by atoms with Gasteiger partial charge in [0.1, 0.15) is 18.1 Å². The number of esters is 2. The monoisotopic (exact) mass is 665 g/mol. The summed E-state index contributed by atoms with van der Waals surface area (Å²) in [6, 6.07) is -0.0693. The van der Waals surface area contributed by atoms with E-state index in [0.29, 0.717) is 0 Å². The van der Waals surface area contributed by atoms with Gasteiger partial charge in [0.2, 0.25) is 0 Å². The molecule has 0 aromatic heterocycles. The molecule has 0 saturated heterocycles. The topological polar surface area (TPSA) is 367 Å². The molecule has 22 nitrogen and oxygen atoms in total. The van der Waals surface area contributed by atoms with Crippen LogP contribution in [-0.4, -0.2) is 128 Å². The van der Waals surface area contributed by atoms with Gasteiger partial charge < -0.3 is 61.2 Å². The highest BCUT2D eigenvalue weighted by molar-refractivity contribution is 6.33. The third-order valence-corrected chi connectivity index (χ3v) is 4.31. The molecular weight excluding hydrogens is 634 g/mol. The third-order valence-electron chi connectivity index (χ3n) is 4.31. The van der Waals surface area contributed by atoms with Crippen LogP contribution in [0.1, 0.15) is 31.1 Å². The molecular formula is C24H31N3O19. The van der Waals surface area contributed by atoms with Crippen molar-refractivity contribution in [2.24, 2.45) is 0 Å². The molecule has 1 aromatic carbocycles. The maximum absolute atomic E-state index is 10.6. The number of hydrogen-bond acceptors (Lipinski definition) is 14. The summed E-state index contributed by atoms with van der Waals surface area (Å²) < 4.78 is 8.10. The molecule has 0 bridgehead atoms. The van der Waals surface area contributed by atoms with Crippen LogP contribution in [0.15, 0.2) is 18.2 Å². The first-order valence-corrected chi connectivity index (χ1v) is 11.8. The lowest BCUT2D eigenvalue weighted by Crippen LogP contribution is -2.42. The van der Waals surface area contributed by atoms with Gasteiger partial charge in [-0.1, -0.05) is 0 Å². The minimum absolute atomic E-state index is 0.0553. The summed E-state index contributed by atoms with van der Waals surface area (Å²) in [7, 11) is 2.07. The Bertz CT molecular complexity index is 1260. The van der Waals surface area contributed by atoms with Crippen molar-refractivity contribution < 1.29 is 93.2 Å². The fourth-order valence-electron chi connectivity index (χ4n) is 1.80. The van der Waals surface area contributed by atoms with Crippen molar-refractivity contribution in [2.45, 2.75) is 38.9 Å². The SMILES string of the molecule is COC(=O)C(=O)NC(C)C(=O)O.COC(=O)C(=O)N[C@@H](C)C(=O)O.C[C@H](NC(=O)C(=O)O)C(=O)O.O=C(O)c1ccc(O)c(O)c1. The van der Waals surface area contributed by atoms with E-state index in [4.69, 9.17) is 35.7 Å². The second kappa shape index (κ2) is 22.1. The number of rotatable bonds is 7. The summed E-state index contributed by atoms with van der Waals surface area (Å²) in [5.74, 6) is -13.0. The summed E-state index contributed by atoms with van der Waals surface area (Å²) in [4.78, 5) is 103. The largest absolute Gasteiger partial charge is 0.504 e. The van der Waals surface area contributed by atoms with Crippen LogP contribution in [-0.2, 0) is 52.6 Å². The molecule has 1 rings (SSSR count). The summed E-state index contributed by atoms with van der Waals surface area (Å²) in [6.07, 6.45) is 0. The van der Waals surface area contributed by atoms with Crippen molar-refractivity contribution in [2.75, 3.05) is 14.2 Å². The Morgan fingerprint density at radius 3 is 1.13 bits per heavy atom. The van der Waals surface area contributed by atoms with E-state index in [1.165, 1.54) is 26.8 Å². The standard InChI is InChI=1S/C7H6O4.2C6H9NO5.C5H7NO5/c8-5-2-1-4(7(10)11)3-6(5)9;2*1-3(5(9)10)7-4(8)6(11)12-2;1-2(4(8)9)6-3(7)5(10)11/h1-3,8-9H,(H,10,11);2*3H,1-2H3,(H,7,8)(H,9,10);2H,1H3,(H,6,7)(H,8,9)(H,10,11)/t;3-;;2-/m.0.0/s1. The number of phenolic OH excluding ortho intramolecular Hbond substituents is 2. The first kappa shape index (κ1) is 44.0. The van der Waals surface area contributed by atoms with Gasteiger partial charge in [0.15, 0.2) is 11.5 Å². The van der Waals surface area contributed by atoms with Crippen molar-refractivity contribution in [3.05, 3.63) is 23.8 Å². The lowest BCUT2D eigenvalue weighted by atomic mass is 10.2. The van der Waals surface area contributed by atoms with Crippen LogP contribution in [0.5, 0.6) is 11.5 Å². The fourth-order valence-corrected chi connectivity index (χ4v) is 1.80. The van der Waals surface area contributed by atoms with E-state index >= 15 is 0 Å². The number of aromatic hydroxyl groups is 2. The van der Waals surface area contributed by atoms with Crippen molar-refractivity contribution >= 4 is 59.5 Å². The lowest BCUT2D eigenvalue weighted by molar-refractivity contribution is -0.154. The Labute approximate surface area is 257 Å². The van der Waals surface area contributed by atoms with E-state index in [2.05, 4.69) is 9.47 Å². The Kier molecular flexibility index (Phi) is 21.1. The molecule has 10 N–H and O–H groups in total. The molecule has 0 spiro atoms. The second-order valence-corrected chi connectivity index (χ2v) is 7.90. The number of amides is 3. The lowest BCUT2D eigenvalue weighted by Gasteiger charge is -2.06. The molecule has 1 unspecified atom stereocenters. The summed E-state index contributed by atoms with van der Waals surface area (Å²) in [5, 5.41) is 64.5. The zero-order valence-corrected chi connectivity index (χ0v) is 24.5. The van der Waals surface area contributed by atoms with Crippen molar-refractivity contribution in [1.29, 1.82) is 0 Å². The number of carbonyl (C=O) groups excluding carboxylic acids is 5. The first-order valence-electron chi connectivity index (χ1n) is 11.8. The van der Waals surface area contributed by atoms with Gasteiger partial charge in [-0.05, 0) is 39.0 Å². The van der Waals surface area contributed by atoms with Crippen LogP contribution in [0.25, 0.3) is 0 Å². The fraction of sp³-hybridized carbons (Fsp3) is 0.333. The Hall–Kier alpha value is -6.48. The molecule has 0 aliphatic rings. The van der Waals surface area contributed by atoms with Gasteiger partial charge in [-0.25, -0.2) is 19.2 Å². The average Bonchev–Trinajstić information content (AvgIpc) is 2.97. The number of carboxylic acid groups (broad SMARTS) is 5. The Balaban J connectivity index is -0.000000536. The van der Waals surface area contributed by atoms with Gasteiger partial charge in [-0.15, -0.1) is 0 Å². The normalized spacial score (nSPS) is 11.1. The van der Waals surface area contributed by atoms with Gasteiger partial charge in [0.25, 0.3) is 0 Å². The molecule has 0 heterocycles.